The molecule has 0 fully saturated rings. The minimum absolute atomic E-state index is 0.00678. The van der Waals surface area contributed by atoms with E-state index in [1.54, 1.807) is 0 Å². The molecule has 164 valence electrons. The molecule has 0 aliphatic carbocycles. The largest absolute Gasteiger partial charge is 0.435 e. The topological polar surface area (TPSA) is 81.1 Å². The number of hydrogen-bond donors (Lipinski definition) is 1. The fraction of sp³-hybridized carbons (Fsp3) is 0.158. The lowest BCUT2D eigenvalue weighted by molar-refractivity contribution is -0.141. The van der Waals surface area contributed by atoms with Crippen LogP contribution in [0.5, 0.6) is 0 Å². The molecule has 0 aliphatic heterocycles. The van der Waals surface area contributed by atoms with Gasteiger partial charge in [-0.2, -0.15) is 18.3 Å². The first-order chi connectivity index (χ1) is 14.4. The first-order valence-corrected chi connectivity index (χ1v) is 11.2. The summed E-state index contributed by atoms with van der Waals surface area (Å²) < 4.78 is 63.4. The molecule has 3 aromatic rings. The van der Waals surface area contributed by atoms with Crippen molar-refractivity contribution in [2.75, 3.05) is 6.26 Å². The maximum absolute atomic E-state index is 13.2. The molecule has 3 rings (SSSR count). The Morgan fingerprint density at radius 2 is 1.74 bits per heavy atom. The van der Waals surface area contributed by atoms with Crippen LogP contribution in [-0.4, -0.2) is 30.4 Å². The Labute approximate surface area is 185 Å². The molecule has 0 atom stereocenters. The van der Waals surface area contributed by atoms with Gasteiger partial charge in [-0.15, -0.1) is 0 Å². The van der Waals surface area contributed by atoms with Gasteiger partial charge in [0, 0.05) is 23.9 Å². The van der Waals surface area contributed by atoms with Crippen molar-refractivity contribution < 1.29 is 26.4 Å². The number of carbonyl (C=O) groups excluding carboxylic acids is 1. The Bertz CT molecular complexity index is 1240. The Hall–Kier alpha value is -2.56. The standard InChI is InChI=1S/C19H14Cl2F3N3O3S/c1-31(29,30)13-5-2-11(3-6-13)10-25-18(28)16-9-17(19(22,23)24)26-27(16)15-8-12(20)4-7-14(15)21/h2-9H,10H2,1H3,(H,25,28). The molecule has 0 bridgehead atoms. The summed E-state index contributed by atoms with van der Waals surface area (Å²) >= 11 is 12.0. The lowest BCUT2D eigenvalue weighted by Crippen LogP contribution is -2.25. The van der Waals surface area contributed by atoms with Gasteiger partial charge >= 0.3 is 6.18 Å². The second-order valence-electron chi connectivity index (χ2n) is 6.52. The van der Waals surface area contributed by atoms with E-state index in [4.69, 9.17) is 23.2 Å². The SMILES string of the molecule is CS(=O)(=O)c1ccc(CNC(=O)c2cc(C(F)(F)F)nn2-c2cc(Cl)ccc2Cl)cc1. The zero-order chi connectivity index (χ0) is 23.0. The normalized spacial score (nSPS) is 12.1. The molecule has 0 spiro atoms. The van der Waals surface area contributed by atoms with Gasteiger partial charge in [0.05, 0.1) is 15.6 Å². The molecule has 0 saturated carbocycles. The fourth-order valence-corrected chi connectivity index (χ4v) is 3.63. The summed E-state index contributed by atoms with van der Waals surface area (Å²) in [5.41, 5.74) is -1.12. The van der Waals surface area contributed by atoms with Crippen LogP contribution < -0.4 is 5.32 Å². The molecule has 0 saturated heterocycles. The van der Waals surface area contributed by atoms with Crippen LogP contribution >= 0.6 is 23.2 Å². The predicted molar refractivity (Wildman–Crippen MR) is 109 cm³/mol. The molecule has 2 aromatic carbocycles. The lowest BCUT2D eigenvalue weighted by atomic mass is 10.2. The number of sulfone groups is 1. The van der Waals surface area contributed by atoms with E-state index in [9.17, 15) is 26.4 Å². The van der Waals surface area contributed by atoms with E-state index in [1.165, 1.54) is 42.5 Å². The zero-order valence-corrected chi connectivity index (χ0v) is 18.1. The summed E-state index contributed by atoms with van der Waals surface area (Å²) in [7, 11) is -3.38. The van der Waals surface area contributed by atoms with Crippen LogP contribution in [0, 0.1) is 0 Å². The third-order valence-corrected chi connectivity index (χ3v) is 5.86. The highest BCUT2D eigenvalue weighted by Gasteiger charge is 2.36. The number of amides is 1. The molecule has 12 heteroatoms. The molecule has 0 radical (unpaired) electrons. The van der Waals surface area contributed by atoms with E-state index < -0.39 is 33.3 Å². The Kier molecular flexibility index (Phi) is 6.35. The molecule has 0 unspecified atom stereocenters. The summed E-state index contributed by atoms with van der Waals surface area (Å²) in [6.07, 6.45) is -3.73. The Morgan fingerprint density at radius 3 is 2.32 bits per heavy atom. The molecule has 0 aliphatic rings. The number of aromatic nitrogens is 2. The van der Waals surface area contributed by atoms with Crippen LogP contribution in [0.15, 0.2) is 53.4 Å². The number of rotatable bonds is 5. The van der Waals surface area contributed by atoms with E-state index >= 15 is 0 Å². The third kappa shape index (κ3) is 5.38. The number of carbonyl (C=O) groups is 1. The maximum Gasteiger partial charge on any atom is 0.435 e. The second kappa shape index (κ2) is 8.52. The summed E-state index contributed by atoms with van der Waals surface area (Å²) in [5.74, 6) is -0.841. The summed E-state index contributed by atoms with van der Waals surface area (Å²) in [5, 5.41) is 6.22. The molecule has 1 aromatic heterocycles. The molecule has 1 N–H and O–H groups in total. The van der Waals surface area contributed by atoms with Gasteiger partial charge in [-0.3, -0.25) is 4.79 Å². The van der Waals surface area contributed by atoms with Crippen molar-refractivity contribution in [1.29, 1.82) is 0 Å². The molecular weight excluding hydrogens is 478 g/mol. The van der Waals surface area contributed by atoms with Gasteiger partial charge in [-0.25, -0.2) is 13.1 Å². The number of nitrogens with zero attached hydrogens (tertiary/aromatic N) is 2. The van der Waals surface area contributed by atoms with Crippen molar-refractivity contribution in [3.8, 4) is 5.69 Å². The lowest BCUT2D eigenvalue weighted by Gasteiger charge is -2.10. The highest BCUT2D eigenvalue weighted by molar-refractivity contribution is 7.90. The van der Waals surface area contributed by atoms with Gasteiger partial charge in [0.25, 0.3) is 5.91 Å². The second-order valence-corrected chi connectivity index (χ2v) is 9.38. The van der Waals surface area contributed by atoms with Gasteiger partial charge in [0.1, 0.15) is 5.69 Å². The first-order valence-electron chi connectivity index (χ1n) is 8.56. The zero-order valence-electron chi connectivity index (χ0n) is 15.7. The predicted octanol–water partition coefficient (Wildman–Crippen LogP) is 4.53. The molecule has 1 heterocycles. The molecule has 6 nitrogen and oxygen atoms in total. The van der Waals surface area contributed by atoms with Crippen LogP contribution in [0.3, 0.4) is 0 Å². The summed E-state index contributed by atoms with van der Waals surface area (Å²) in [6.45, 7) is -0.0569. The third-order valence-electron chi connectivity index (χ3n) is 4.17. The van der Waals surface area contributed by atoms with Crippen molar-refractivity contribution in [2.24, 2.45) is 0 Å². The van der Waals surface area contributed by atoms with E-state index in [0.29, 0.717) is 11.6 Å². The van der Waals surface area contributed by atoms with Gasteiger partial charge in [0.15, 0.2) is 15.5 Å². The number of benzene rings is 2. The molecule has 1 amide bonds. The maximum atomic E-state index is 13.2. The summed E-state index contributed by atoms with van der Waals surface area (Å²) in [6, 6.07) is 10.4. The number of hydrogen-bond acceptors (Lipinski definition) is 4. The molecule has 31 heavy (non-hydrogen) atoms. The van der Waals surface area contributed by atoms with Crippen LogP contribution in [-0.2, 0) is 22.6 Å². The first kappa shape index (κ1) is 23.1. The van der Waals surface area contributed by atoms with Crippen molar-refractivity contribution in [3.05, 3.63) is 75.5 Å². The minimum atomic E-state index is -4.78. The van der Waals surface area contributed by atoms with Gasteiger partial charge in [0.2, 0.25) is 0 Å². The van der Waals surface area contributed by atoms with Crippen LogP contribution in [0.4, 0.5) is 13.2 Å². The smallest absolute Gasteiger partial charge is 0.347 e. The average Bonchev–Trinajstić information content (AvgIpc) is 3.13. The van der Waals surface area contributed by atoms with Crippen molar-refractivity contribution in [2.45, 2.75) is 17.6 Å². The van der Waals surface area contributed by atoms with Crippen LogP contribution in [0.25, 0.3) is 5.69 Å². The average molecular weight is 492 g/mol. The van der Waals surface area contributed by atoms with Crippen molar-refractivity contribution in [3.63, 3.8) is 0 Å². The molecular formula is C19H14Cl2F3N3O3S. The van der Waals surface area contributed by atoms with Crippen LogP contribution in [0.1, 0.15) is 21.7 Å². The van der Waals surface area contributed by atoms with Gasteiger partial charge in [-0.1, -0.05) is 35.3 Å². The van der Waals surface area contributed by atoms with Crippen molar-refractivity contribution in [1.82, 2.24) is 15.1 Å². The van der Waals surface area contributed by atoms with Crippen LogP contribution in [0.2, 0.25) is 10.0 Å². The van der Waals surface area contributed by atoms with Crippen molar-refractivity contribution >= 4 is 38.9 Å². The number of nitrogens with one attached hydrogen (secondary N) is 1. The van der Waals surface area contributed by atoms with E-state index in [-0.39, 0.29) is 27.2 Å². The Balaban J connectivity index is 1.91. The monoisotopic (exact) mass is 491 g/mol. The highest BCUT2D eigenvalue weighted by atomic mass is 35.5. The minimum Gasteiger partial charge on any atom is -0.347 e. The number of halogens is 5. The van der Waals surface area contributed by atoms with E-state index in [1.807, 2.05) is 0 Å². The van der Waals surface area contributed by atoms with Gasteiger partial charge in [-0.05, 0) is 35.9 Å². The Morgan fingerprint density at radius 1 is 1.10 bits per heavy atom. The van der Waals surface area contributed by atoms with Gasteiger partial charge < -0.3 is 5.32 Å². The quantitative estimate of drug-likeness (QED) is 0.568. The number of alkyl halides is 3. The fourth-order valence-electron chi connectivity index (χ4n) is 2.64. The van der Waals surface area contributed by atoms with E-state index in [0.717, 1.165) is 10.9 Å². The summed E-state index contributed by atoms with van der Waals surface area (Å²) in [4.78, 5) is 12.8. The highest BCUT2D eigenvalue weighted by Crippen LogP contribution is 2.31. The van der Waals surface area contributed by atoms with E-state index in [2.05, 4.69) is 10.4 Å².